The summed E-state index contributed by atoms with van der Waals surface area (Å²) < 4.78 is 0. The lowest BCUT2D eigenvalue weighted by molar-refractivity contribution is -0.136. The van der Waals surface area contributed by atoms with E-state index in [4.69, 9.17) is 0 Å². The van der Waals surface area contributed by atoms with Gasteiger partial charge in [0.1, 0.15) is 5.82 Å². The third-order valence-corrected chi connectivity index (χ3v) is 5.16. The third kappa shape index (κ3) is 3.66. The highest BCUT2D eigenvalue weighted by molar-refractivity contribution is 5.79. The van der Waals surface area contributed by atoms with Gasteiger partial charge in [-0.05, 0) is 51.3 Å². The Labute approximate surface area is 139 Å². The summed E-state index contributed by atoms with van der Waals surface area (Å²) in [6.45, 7) is 5.76. The van der Waals surface area contributed by atoms with Crippen LogP contribution >= 0.6 is 0 Å². The molecule has 0 aromatic carbocycles. The molecule has 23 heavy (non-hydrogen) atoms. The van der Waals surface area contributed by atoms with Gasteiger partial charge in [0.25, 0.3) is 0 Å². The number of anilines is 1. The summed E-state index contributed by atoms with van der Waals surface area (Å²) in [5.74, 6) is 1.60. The maximum Gasteiger partial charge on any atom is 0.226 e. The first-order valence-corrected chi connectivity index (χ1v) is 8.81. The molecule has 0 radical (unpaired) electrons. The lowest BCUT2D eigenvalue weighted by Gasteiger charge is -2.35. The minimum absolute atomic E-state index is 0.189. The number of amides is 1. The molecular formula is C18H28N4O. The van der Waals surface area contributed by atoms with Crippen molar-refractivity contribution in [1.29, 1.82) is 0 Å². The Kier molecular flexibility index (Phi) is 5.16. The van der Waals surface area contributed by atoms with Crippen LogP contribution in [0.15, 0.2) is 18.3 Å². The molecule has 3 rings (SSSR count). The van der Waals surface area contributed by atoms with Crippen molar-refractivity contribution < 1.29 is 4.79 Å². The molecule has 2 fully saturated rings. The Morgan fingerprint density at radius 2 is 2.04 bits per heavy atom. The van der Waals surface area contributed by atoms with Gasteiger partial charge in [0.15, 0.2) is 0 Å². The van der Waals surface area contributed by atoms with Crippen molar-refractivity contribution >= 4 is 11.7 Å². The van der Waals surface area contributed by atoms with Gasteiger partial charge < -0.3 is 15.1 Å². The van der Waals surface area contributed by atoms with Crippen molar-refractivity contribution in [3.8, 4) is 0 Å². The number of carbonyl (C=O) groups is 1. The van der Waals surface area contributed by atoms with E-state index in [0.29, 0.717) is 11.9 Å². The first-order valence-electron chi connectivity index (χ1n) is 8.81. The zero-order chi connectivity index (χ0) is 16.2. The lowest BCUT2D eigenvalue weighted by atomic mass is 9.95. The summed E-state index contributed by atoms with van der Waals surface area (Å²) >= 11 is 0. The summed E-state index contributed by atoms with van der Waals surface area (Å²) in [7, 11) is 1.97. The molecule has 1 atom stereocenters. The first kappa shape index (κ1) is 16.2. The number of piperidine rings is 1. The average molecular weight is 316 g/mol. The fraction of sp³-hybridized carbons (Fsp3) is 0.667. The Hall–Kier alpha value is -1.62. The molecule has 2 saturated heterocycles. The van der Waals surface area contributed by atoms with Crippen molar-refractivity contribution in [2.24, 2.45) is 5.92 Å². The number of carbonyl (C=O) groups excluding carboxylic acids is 1. The second-order valence-corrected chi connectivity index (χ2v) is 6.84. The molecule has 2 aliphatic heterocycles. The van der Waals surface area contributed by atoms with Gasteiger partial charge >= 0.3 is 0 Å². The fourth-order valence-corrected chi connectivity index (χ4v) is 3.81. The van der Waals surface area contributed by atoms with E-state index in [0.717, 1.165) is 57.7 Å². The zero-order valence-corrected chi connectivity index (χ0v) is 14.3. The van der Waals surface area contributed by atoms with Crippen molar-refractivity contribution in [3.05, 3.63) is 23.9 Å². The van der Waals surface area contributed by atoms with Crippen LogP contribution in [0.5, 0.6) is 0 Å². The predicted molar refractivity (Wildman–Crippen MR) is 92.6 cm³/mol. The van der Waals surface area contributed by atoms with E-state index >= 15 is 0 Å². The summed E-state index contributed by atoms with van der Waals surface area (Å²) in [6.07, 6.45) is 6.08. The smallest absolute Gasteiger partial charge is 0.226 e. The molecule has 5 nitrogen and oxygen atoms in total. The minimum Gasteiger partial charge on any atom is -0.357 e. The zero-order valence-electron chi connectivity index (χ0n) is 14.3. The Morgan fingerprint density at radius 1 is 1.26 bits per heavy atom. The van der Waals surface area contributed by atoms with Crippen molar-refractivity contribution in [2.75, 3.05) is 38.1 Å². The molecule has 1 amide bonds. The van der Waals surface area contributed by atoms with Gasteiger partial charge in [-0.1, -0.05) is 6.07 Å². The number of nitrogens with zero attached hydrogens (tertiary/aromatic N) is 3. The number of hydrogen-bond acceptors (Lipinski definition) is 4. The van der Waals surface area contributed by atoms with Gasteiger partial charge in [-0.2, -0.15) is 0 Å². The van der Waals surface area contributed by atoms with Crippen molar-refractivity contribution in [3.63, 3.8) is 0 Å². The molecule has 1 N–H and O–H groups in total. The minimum atomic E-state index is 0.189. The molecule has 126 valence electrons. The molecule has 1 aromatic heterocycles. The Balaban J connectivity index is 1.56. The summed E-state index contributed by atoms with van der Waals surface area (Å²) in [5, 5.41) is 3.22. The number of rotatable bonds is 4. The number of pyridine rings is 1. The van der Waals surface area contributed by atoms with E-state index in [1.807, 2.05) is 13.2 Å². The van der Waals surface area contributed by atoms with Crippen LogP contribution in [0, 0.1) is 12.8 Å². The van der Waals surface area contributed by atoms with Crippen LogP contribution in [0.1, 0.15) is 31.2 Å². The molecule has 0 spiro atoms. The number of aromatic nitrogens is 1. The molecule has 1 unspecified atom stereocenters. The largest absolute Gasteiger partial charge is 0.357 e. The number of hydrogen-bond donors (Lipinski definition) is 1. The Morgan fingerprint density at radius 3 is 2.70 bits per heavy atom. The van der Waals surface area contributed by atoms with Crippen LogP contribution in [-0.2, 0) is 4.79 Å². The number of likely N-dealkylation sites (N-methyl/N-ethyl adjacent to an activating group) is 1. The highest BCUT2D eigenvalue weighted by Gasteiger charge is 2.34. The van der Waals surface area contributed by atoms with Crippen molar-refractivity contribution in [2.45, 2.75) is 38.6 Å². The second kappa shape index (κ2) is 7.30. The van der Waals surface area contributed by atoms with Crippen LogP contribution < -0.4 is 10.2 Å². The lowest BCUT2D eigenvalue weighted by Crippen LogP contribution is -2.46. The SMILES string of the molecule is CNCC1CCCN1C(=O)C1CCN(c2ccc(C)cn2)CC1. The quantitative estimate of drug-likeness (QED) is 0.920. The molecule has 0 saturated carbocycles. The van der Waals surface area contributed by atoms with E-state index in [1.165, 1.54) is 5.56 Å². The third-order valence-electron chi connectivity index (χ3n) is 5.16. The van der Waals surface area contributed by atoms with Crippen LogP contribution in [-0.4, -0.2) is 55.1 Å². The molecule has 0 bridgehead atoms. The van der Waals surface area contributed by atoms with Crippen molar-refractivity contribution in [1.82, 2.24) is 15.2 Å². The van der Waals surface area contributed by atoms with Gasteiger partial charge in [0.2, 0.25) is 5.91 Å². The van der Waals surface area contributed by atoms with E-state index in [9.17, 15) is 4.79 Å². The molecule has 3 heterocycles. The Bertz CT molecular complexity index is 522. The average Bonchev–Trinajstić information content (AvgIpc) is 3.04. The number of aryl methyl sites for hydroxylation is 1. The highest BCUT2D eigenvalue weighted by Crippen LogP contribution is 2.26. The molecule has 0 aliphatic carbocycles. The van der Waals surface area contributed by atoms with E-state index in [-0.39, 0.29) is 5.92 Å². The van der Waals surface area contributed by atoms with Gasteiger partial charge in [-0.3, -0.25) is 4.79 Å². The summed E-state index contributed by atoms with van der Waals surface area (Å²) in [5.41, 5.74) is 1.18. The molecule has 2 aliphatic rings. The normalized spacial score (nSPS) is 22.6. The van der Waals surface area contributed by atoms with Gasteiger partial charge in [0.05, 0.1) is 0 Å². The standard InChI is InChI=1S/C18H28N4O/c1-14-5-6-17(20-12-14)21-10-7-15(8-11-21)18(23)22-9-3-4-16(22)13-19-2/h5-6,12,15-16,19H,3-4,7-11,13H2,1-2H3. The molecule has 5 heteroatoms. The van der Waals surface area contributed by atoms with Crippen LogP contribution in [0.4, 0.5) is 5.82 Å². The van der Waals surface area contributed by atoms with E-state index < -0.39 is 0 Å². The molecular weight excluding hydrogens is 288 g/mol. The summed E-state index contributed by atoms with van der Waals surface area (Å²) in [6, 6.07) is 4.58. The molecule has 1 aromatic rings. The van der Waals surface area contributed by atoms with Gasteiger partial charge in [0, 0.05) is 44.3 Å². The van der Waals surface area contributed by atoms with Crippen LogP contribution in [0.3, 0.4) is 0 Å². The van der Waals surface area contributed by atoms with Gasteiger partial charge in [-0.25, -0.2) is 4.98 Å². The highest BCUT2D eigenvalue weighted by atomic mass is 16.2. The van der Waals surface area contributed by atoms with E-state index in [2.05, 4.69) is 39.2 Å². The maximum absolute atomic E-state index is 12.8. The topological polar surface area (TPSA) is 48.5 Å². The fourth-order valence-electron chi connectivity index (χ4n) is 3.81. The number of nitrogens with one attached hydrogen (secondary N) is 1. The van der Waals surface area contributed by atoms with Crippen LogP contribution in [0.25, 0.3) is 0 Å². The first-order chi connectivity index (χ1) is 11.2. The maximum atomic E-state index is 12.8. The summed E-state index contributed by atoms with van der Waals surface area (Å²) in [4.78, 5) is 21.8. The van der Waals surface area contributed by atoms with Crippen LogP contribution in [0.2, 0.25) is 0 Å². The monoisotopic (exact) mass is 316 g/mol. The second-order valence-electron chi connectivity index (χ2n) is 6.84. The predicted octanol–water partition coefficient (Wildman–Crippen LogP) is 1.82. The number of likely N-dealkylation sites (tertiary alicyclic amines) is 1. The van der Waals surface area contributed by atoms with E-state index in [1.54, 1.807) is 0 Å². The van der Waals surface area contributed by atoms with Gasteiger partial charge in [-0.15, -0.1) is 0 Å².